The standard InChI is InChI=1S/C11H15FN2O/c1-7-4-8(11(15)9(12)5-7)10-6-13-2-3-14-10/h4-5,10,13-15H,2-3,6H2,1H3/t10-/m1/s1. The first-order chi connectivity index (χ1) is 7.18. The fourth-order valence-electron chi connectivity index (χ4n) is 1.90. The minimum atomic E-state index is -0.544. The van der Waals surface area contributed by atoms with Crippen molar-refractivity contribution in [1.82, 2.24) is 10.6 Å². The molecule has 1 atom stereocenters. The average molecular weight is 210 g/mol. The number of hydrogen-bond acceptors (Lipinski definition) is 3. The van der Waals surface area contributed by atoms with Crippen LogP contribution in [0.1, 0.15) is 17.2 Å². The van der Waals surface area contributed by atoms with Gasteiger partial charge in [-0.3, -0.25) is 0 Å². The van der Waals surface area contributed by atoms with Crippen LogP contribution >= 0.6 is 0 Å². The highest BCUT2D eigenvalue weighted by molar-refractivity contribution is 5.39. The highest BCUT2D eigenvalue weighted by atomic mass is 19.1. The lowest BCUT2D eigenvalue weighted by molar-refractivity contribution is 0.387. The molecule has 1 aromatic carbocycles. The molecule has 2 rings (SSSR count). The number of piperazine rings is 1. The second-order valence-corrected chi connectivity index (χ2v) is 3.90. The van der Waals surface area contributed by atoms with E-state index in [-0.39, 0.29) is 11.8 Å². The smallest absolute Gasteiger partial charge is 0.165 e. The molecule has 15 heavy (non-hydrogen) atoms. The minimum absolute atomic E-state index is 0.00634. The third-order valence-electron chi connectivity index (χ3n) is 2.65. The van der Waals surface area contributed by atoms with E-state index in [1.807, 2.05) is 13.0 Å². The van der Waals surface area contributed by atoms with Crippen LogP contribution in [-0.2, 0) is 0 Å². The van der Waals surface area contributed by atoms with E-state index in [1.54, 1.807) is 0 Å². The highest BCUT2D eigenvalue weighted by Gasteiger charge is 2.19. The molecule has 1 fully saturated rings. The molecule has 0 bridgehead atoms. The third kappa shape index (κ3) is 2.11. The summed E-state index contributed by atoms with van der Waals surface area (Å²) in [5, 5.41) is 16.1. The zero-order chi connectivity index (χ0) is 10.8. The van der Waals surface area contributed by atoms with E-state index in [9.17, 15) is 9.50 Å². The molecule has 82 valence electrons. The molecule has 3 nitrogen and oxygen atoms in total. The monoisotopic (exact) mass is 210 g/mol. The molecule has 4 heteroatoms. The van der Waals surface area contributed by atoms with Gasteiger partial charge in [-0.2, -0.15) is 0 Å². The number of phenolic OH excluding ortho intramolecular Hbond substituents is 1. The van der Waals surface area contributed by atoms with Gasteiger partial charge in [0.2, 0.25) is 0 Å². The van der Waals surface area contributed by atoms with Gasteiger partial charge in [0.1, 0.15) is 0 Å². The molecule has 0 aromatic heterocycles. The zero-order valence-corrected chi connectivity index (χ0v) is 8.68. The van der Waals surface area contributed by atoms with Gasteiger partial charge < -0.3 is 15.7 Å². The minimum Gasteiger partial charge on any atom is -0.505 e. The molecule has 1 aliphatic heterocycles. The van der Waals surface area contributed by atoms with E-state index in [1.165, 1.54) is 6.07 Å². The molecular formula is C11H15FN2O. The molecule has 1 aromatic rings. The first kappa shape index (κ1) is 10.4. The second kappa shape index (κ2) is 4.16. The maximum Gasteiger partial charge on any atom is 0.165 e. The molecular weight excluding hydrogens is 195 g/mol. The van der Waals surface area contributed by atoms with Crippen LogP contribution in [0.4, 0.5) is 4.39 Å². The van der Waals surface area contributed by atoms with Crippen molar-refractivity contribution in [2.75, 3.05) is 19.6 Å². The lowest BCUT2D eigenvalue weighted by Gasteiger charge is -2.25. The molecule has 0 aliphatic carbocycles. The van der Waals surface area contributed by atoms with Crippen LogP contribution < -0.4 is 10.6 Å². The molecule has 3 N–H and O–H groups in total. The van der Waals surface area contributed by atoms with Crippen LogP contribution in [0.25, 0.3) is 0 Å². The van der Waals surface area contributed by atoms with Crippen LogP contribution in [0.3, 0.4) is 0 Å². The Kier molecular flexibility index (Phi) is 2.88. The Morgan fingerprint density at radius 3 is 2.87 bits per heavy atom. The fourth-order valence-corrected chi connectivity index (χ4v) is 1.90. The van der Waals surface area contributed by atoms with E-state index in [2.05, 4.69) is 10.6 Å². The van der Waals surface area contributed by atoms with Crippen molar-refractivity contribution < 1.29 is 9.50 Å². The Morgan fingerprint density at radius 1 is 1.40 bits per heavy atom. The topological polar surface area (TPSA) is 44.3 Å². The molecule has 0 amide bonds. The Bertz CT molecular complexity index is 362. The van der Waals surface area contributed by atoms with Crippen molar-refractivity contribution in [3.63, 3.8) is 0 Å². The van der Waals surface area contributed by atoms with E-state index >= 15 is 0 Å². The van der Waals surface area contributed by atoms with Gasteiger partial charge in [-0.25, -0.2) is 4.39 Å². The normalized spacial score (nSPS) is 21.6. The molecule has 1 heterocycles. The van der Waals surface area contributed by atoms with Gasteiger partial charge in [0.15, 0.2) is 11.6 Å². The Hall–Kier alpha value is -1.13. The van der Waals surface area contributed by atoms with Crippen molar-refractivity contribution in [3.8, 4) is 5.75 Å². The summed E-state index contributed by atoms with van der Waals surface area (Å²) in [5.41, 5.74) is 1.47. The van der Waals surface area contributed by atoms with Gasteiger partial charge in [-0.05, 0) is 18.6 Å². The number of halogens is 1. The SMILES string of the molecule is Cc1cc(F)c(O)c([C@H]2CNCCN2)c1. The molecule has 0 spiro atoms. The van der Waals surface area contributed by atoms with E-state index < -0.39 is 5.82 Å². The summed E-state index contributed by atoms with van der Waals surface area (Å²) < 4.78 is 13.3. The van der Waals surface area contributed by atoms with Crippen molar-refractivity contribution >= 4 is 0 Å². The predicted molar refractivity (Wildman–Crippen MR) is 56.4 cm³/mol. The molecule has 0 unspecified atom stereocenters. The fraction of sp³-hybridized carbons (Fsp3) is 0.455. The van der Waals surface area contributed by atoms with Crippen molar-refractivity contribution in [2.24, 2.45) is 0 Å². The number of aryl methyl sites for hydroxylation is 1. The maximum atomic E-state index is 13.3. The predicted octanol–water partition coefficient (Wildman–Crippen LogP) is 1.07. The van der Waals surface area contributed by atoms with Gasteiger partial charge >= 0.3 is 0 Å². The van der Waals surface area contributed by atoms with Gasteiger partial charge in [0, 0.05) is 31.2 Å². The molecule has 0 radical (unpaired) electrons. The summed E-state index contributed by atoms with van der Waals surface area (Å²) in [7, 11) is 0. The quantitative estimate of drug-likeness (QED) is 0.649. The van der Waals surface area contributed by atoms with Crippen molar-refractivity contribution in [2.45, 2.75) is 13.0 Å². The maximum absolute atomic E-state index is 13.3. The van der Waals surface area contributed by atoms with Gasteiger partial charge in [0.05, 0.1) is 0 Å². The van der Waals surface area contributed by atoms with E-state index in [0.29, 0.717) is 5.56 Å². The summed E-state index contributed by atoms with van der Waals surface area (Å²) in [6.07, 6.45) is 0. The van der Waals surface area contributed by atoms with Crippen molar-refractivity contribution in [3.05, 3.63) is 29.1 Å². The van der Waals surface area contributed by atoms with Crippen LogP contribution in [0.15, 0.2) is 12.1 Å². The molecule has 1 saturated heterocycles. The van der Waals surface area contributed by atoms with E-state index in [4.69, 9.17) is 0 Å². The molecule has 0 saturated carbocycles. The number of benzene rings is 1. The summed E-state index contributed by atoms with van der Waals surface area (Å²) in [6, 6.07) is 3.16. The lowest BCUT2D eigenvalue weighted by atomic mass is 10.0. The van der Waals surface area contributed by atoms with E-state index in [0.717, 1.165) is 25.2 Å². The lowest BCUT2D eigenvalue weighted by Crippen LogP contribution is -2.42. The summed E-state index contributed by atoms with van der Waals surface area (Å²) in [6.45, 7) is 4.28. The van der Waals surface area contributed by atoms with Crippen molar-refractivity contribution in [1.29, 1.82) is 0 Å². The number of phenols is 1. The van der Waals surface area contributed by atoms with Crippen LogP contribution in [0, 0.1) is 12.7 Å². The highest BCUT2D eigenvalue weighted by Crippen LogP contribution is 2.28. The average Bonchev–Trinajstić information content (AvgIpc) is 2.24. The number of rotatable bonds is 1. The van der Waals surface area contributed by atoms with Crippen LogP contribution in [0.2, 0.25) is 0 Å². The van der Waals surface area contributed by atoms with Gasteiger partial charge in [0.25, 0.3) is 0 Å². The third-order valence-corrected chi connectivity index (χ3v) is 2.65. The zero-order valence-electron chi connectivity index (χ0n) is 8.68. The van der Waals surface area contributed by atoms with Gasteiger partial charge in [-0.15, -0.1) is 0 Å². The first-order valence-electron chi connectivity index (χ1n) is 5.11. The summed E-state index contributed by atoms with van der Waals surface area (Å²) >= 11 is 0. The Morgan fingerprint density at radius 2 is 2.20 bits per heavy atom. The number of hydrogen-bond donors (Lipinski definition) is 3. The van der Waals surface area contributed by atoms with Gasteiger partial charge in [-0.1, -0.05) is 6.07 Å². The number of nitrogens with one attached hydrogen (secondary N) is 2. The number of aromatic hydroxyl groups is 1. The Balaban J connectivity index is 2.33. The second-order valence-electron chi connectivity index (χ2n) is 3.90. The van der Waals surface area contributed by atoms with Crippen LogP contribution in [0.5, 0.6) is 5.75 Å². The Labute approximate surface area is 88.3 Å². The first-order valence-corrected chi connectivity index (χ1v) is 5.11. The van der Waals surface area contributed by atoms with Crippen LogP contribution in [-0.4, -0.2) is 24.7 Å². The summed E-state index contributed by atoms with van der Waals surface area (Å²) in [5.74, 6) is -0.779. The molecule has 1 aliphatic rings. The largest absolute Gasteiger partial charge is 0.505 e. The summed E-state index contributed by atoms with van der Waals surface area (Å²) in [4.78, 5) is 0.